The minimum atomic E-state index is -0.637. The fraction of sp³-hybridized carbons (Fsp3) is 0.286. The Morgan fingerprint density at radius 1 is 1.40 bits per heavy atom. The van der Waals surface area contributed by atoms with Gasteiger partial charge in [0, 0.05) is 19.2 Å². The number of carbonyl (C=O) groups is 1. The monoisotopic (exact) mass is 276 g/mol. The van der Waals surface area contributed by atoms with E-state index in [9.17, 15) is 9.59 Å². The Kier molecular flexibility index (Phi) is 3.93. The second kappa shape index (κ2) is 5.64. The molecule has 1 aromatic carbocycles. The zero-order chi connectivity index (χ0) is 14.7. The first-order valence-corrected chi connectivity index (χ1v) is 6.11. The first kappa shape index (κ1) is 13.9. The van der Waals surface area contributed by atoms with E-state index in [2.05, 4.69) is 5.32 Å². The van der Waals surface area contributed by atoms with E-state index in [4.69, 9.17) is 9.26 Å². The molecule has 0 saturated carbocycles. The van der Waals surface area contributed by atoms with Crippen LogP contribution in [0.25, 0.3) is 0 Å². The Morgan fingerprint density at radius 3 is 2.70 bits per heavy atom. The second-order valence-electron chi connectivity index (χ2n) is 4.33. The number of ether oxygens (including phenoxy) is 1. The maximum atomic E-state index is 12.0. The number of hydrogen-bond donors (Lipinski definition) is 1. The summed E-state index contributed by atoms with van der Waals surface area (Å²) in [6, 6.07) is 7.36. The first-order valence-electron chi connectivity index (χ1n) is 6.11. The van der Waals surface area contributed by atoms with Gasteiger partial charge in [0.05, 0.1) is 12.8 Å². The van der Waals surface area contributed by atoms with Gasteiger partial charge in [-0.3, -0.25) is 4.79 Å². The number of aromatic nitrogens is 1. The zero-order valence-corrected chi connectivity index (χ0v) is 11.6. The van der Waals surface area contributed by atoms with Crippen LogP contribution < -0.4 is 15.7 Å². The van der Waals surface area contributed by atoms with Crippen molar-refractivity contribution in [1.82, 2.24) is 10.1 Å². The maximum absolute atomic E-state index is 12.0. The Balaban J connectivity index is 2.15. The van der Waals surface area contributed by atoms with Gasteiger partial charge in [-0.2, -0.15) is 0 Å². The lowest BCUT2D eigenvalue weighted by Crippen LogP contribution is -2.27. The maximum Gasteiger partial charge on any atom is 0.370 e. The summed E-state index contributed by atoms with van der Waals surface area (Å²) in [7, 11) is 3.14. The number of methoxy groups -OCH3 is 1. The van der Waals surface area contributed by atoms with Crippen molar-refractivity contribution in [2.45, 2.75) is 13.5 Å². The fourth-order valence-corrected chi connectivity index (χ4v) is 1.91. The first-order chi connectivity index (χ1) is 9.54. The van der Waals surface area contributed by atoms with Gasteiger partial charge in [-0.1, -0.05) is 18.2 Å². The topological polar surface area (TPSA) is 73.5 Å². The van der Waals surface area contributed by atoms with Crippen molar-refractivity contribution < 1.29 is 14.1 Å². The van der Waals surface area contributed by atoms with Crippen LogP contribution in [-0.4, -0.2) is 17.8 Å². The number of aryl methyl sites for hydroxylation is 1. The largest absolute Gasteiger partial charge is 0.496 e. The number of hydrogen-bond acceptors (Lipinski definition) is 4. The van der Waals surface area contributed by atoms with Crippen LogP contribution in [0.4, 0.5) is 0 Å². The fourth-order valence-electron chi connectivity index (χ4n) is 1.91. The molecule has 0 aliphatic heterocycles. The standard InChI is InChI=1S/C14H16N2O4/c1-9-12(14(18)20-16(9)2)13(17)15-8-10-6-4-5-7-11(10)19-3/h4-7H,8H2,1-3H3,(H,15,17). The third kappa shape index (κ3) is 2.59. The smallest absolute Gasteiger partial charge is 0.370 e. The number of rotatable bonds is 4. The number of amides is 1. The predicted octanol–water partition coefficient (Wildman–Crippen LogP) is 1.23. The SMILES string of the molecule is COc1ccccc1CNC(=O)c1c(C)n(C)oc1=O. The van der Waals surface area contributed by atoms with Gasteiger partial charge in [-0.15, -0.1) is 0 Å². The van der Waals surface area contributed by atoms with Crippen molar-refractivity contribution >= 4 is 5.91 Å². The van der Waals surface area contributed by atoms with Crippen LogP contribution in [0.5, 0.6) is 5.75 Å². The van der Waals surface area contributed by atoms with Crippen LogP contribution in [0.3, 0.4) is 0 Å². The number of nitrogens with zero attached hydrogens (tertiary/aromatic N) is 1. The van der Waals surface area contributed by atoms with Crippen LogP contribution in [0.15, 0.2) is 33.6 Å². The van der Waals surface area contributed by atoms with Crippen molar-refractivity contribution in [3.8, 4) is 5.75 Å². The zero-order valence-electron chi connectivity index (χ0n) is 11.6. The van der Waals surface area contributed by atoms with E-state index >= 15 is 0 Å². The summed E-state index contributed by atoms with van der Waals surface area (Å²) in [5, 5.41) is 2.69. The van der Waals surface area contributed by atoms with Gasteiger partial charge in [-0.05, 0) is 13.0 Å². The molecule has 106 valence electrons. The third-order valence-corrected chi connectivity index (χ3v) is 3.12. The lowest BCUT2D eigenvalue weighted by atomic mass is 10.2. The molecule has 2 aromatic rings. The highest BCUT2D eigenvalue weighted by Crippen LogP contribution is 2.16. The van der Waals surface area contributed by atoms with Gasteiger partial charge < -0.3 is 14.6 Å². The van der Waals surface area contributed by atoms with Crippen LogP contribution in [0.2, 0.25) is 0 Å². The molecule has 1 N–H and O–H groups in total. The quantitative estimate of drug-likeness (QED) is 0.911. The second-order valence-corrected chi connectivity index (χ2v) is 4.33. The normalized spacial score (nSPS) is 10.3. The minimum absolute atomic E-state index is 0.0300. The molecule has 0 spiro atoms. The Hall–Kier alpha value is -2.50. The molecular weight excluding hydrogens is 260 g/mol. The Morgan fingerprint density at radius 2 is 2.10 bits per heavy atom. The van der Waals surface area contributed by atoms with E-state index in [1.165, 1.54) is 4.74 Å². The molecular formula is C14H16N2O4. The summed E-state index contributed by atoms with van der Waals surface area (Å²) in [5.41, 5.74) is 0.721. The molecule has 0 bridgehead atoms. The lowest BCUT2D eigenvalue weighted by molar-refractivity contribution is 0.0948. The van der Waals surface area contributed by atoms with Crippen LogP contribution >= 0.6 is 0 Å². The van der Waals surface area contributed by atoms with Crippen LogP contribution in [0.1, 0.15) is 21.6 Å². The van der Waals surface area contributed by atoms with Crippen molar-refractivity contribution in [3.63, 3.8) is 0 Å². The summed E-state index contributed by atoms with van der Waals surface area (Å²) < 4.78 is 11.3. The molecule has 0 fully saturated rings. The van der Waals surface area contributed by atoms with E-state index in [1.807, 2.05) is 24.3 Å². The molecule has 1 heterocycles. The third-order valence-electron chi connectivity index (χ3n) is 3.12. The molecule has 0 radical (unpaired) electrons. The molecule has 0 saturated heterocycles. The number of carbonyl (C=O) groups excluding carboxylic acids is 1. The minimum Gasteiger partial charge on any atom is -0.496 e. The molecule has 0 aliphatic rings. The molecule has 6 nitrogen and oxygen atoms in total. The summed E-state index contributed by atoms with van der Waals surface area (Å²) in [6.45, 7) is 1.93. The van der Waals surface area contributed by atoms with E-state index in [0.29, 0.717) is 11.4 Å². The summed E-state index contributed by atoms with van der Waals surface area (Å²) in [6.07, 6.45) is 0. The average Bonchev–Trinajstić information content (AvgIpc) is 2.70. The number of nitrogens with one attached hydrogen (secondary N) is 1. The van der Waals surface area contributed by atoms with E-state index < -0.39 is 11.5 Å². The van der Waals surface area contributed by atoms with Gasteiger partial charge in [0.25, 0.3) is 5.91 Å². The molecule has 0 unspecified atom stereocenters. The van der Waals surface area contributed by atoms with E-state index in [-0.39, 0.29) is 12.1 Å². The number of para-hydroxylation sites is 1. The highest BCUT2D eigenvalue weighted by molar-refractivity contribution is 5.94. The summed E-state index contributed by atoms with van der Waals surface area (Å²) in [5.74, 6) is 0.229. The molecule has 0 aliphatic carbocycles. The Labute approximate surface area is 115 Å². The van der Waals surface area contributed by atoms with Crippen LogP contribution in [-0.2, 0) is 13.6 Å². The predicted molar refractivity (Wildman–Crippen MR) is 72.9 cm³/mol. The van der Waals surface area contributed by atoms with E-state index in [0.717, 1.165) is 5.56 Å². The van der Waals surface area contributed by atoms with Gasteiger partial charge >= 0.3 is 5.63 Å². The number of benzene rings is 1. The molecule has 6 heteroatoms. The van der Waals surface area contributed by atoms with Crippen molar-refractivity contribution in [1.29, 1.82) is 0 Å². The van der Waals surface area contributed by atoms with Gasteiger partial charge in [-0.25, -0.2) is 9.53 Å². The summed E-state index contributed by atoms with van der Waals surface area (Å²) in [4.78, 5) is 23.6. The molecule has 1 aromatic heterocycles. The van der Waals surface area contributed by atoms with Gasteiger partial charge in [0.1, 0.15) is 11.3 Å². The van der Waals surface area contributed by atoms with Gasteiger partial charge in [0.2, 0.25) is 0 Å². The molecule has 1 amide bonds. The van der Waals surface area contributed by atoms with Crippen molar-refractivity contribution in [2.24, 2.45) is 7.05 Å². The van der Waals surface area contributed by atoms with Crippen molar-refractivity contribution in [2.75, 3.05) is 7.11 Å². The lowest BCUT2D eigenvalue weighted by Gasteiger charge is -2.08. The highest BCUT2D eigenvalue weighted by atomic mass is 16.5. The molecule has 2 rings (SSSR count). The van der Waals surface area contributed by atoms with Gasteiger partial charge in [0.15, 0.2) is 0 Å². The molecule has 20 heavy (non-hydrogen) atoms. The summed E-state index contributed by atoms with van der Waals surface area (Å²) >= 11 is 0. The van der Waals surface area contributed by atoms with E-state index in [1.54, 1.807) is 21.1 Å². The van der Waals surface area contributed by atoms with Crippen LogP contribution in [0, 0.1) is 6.92 Å². The molecule has 0 atom stereocenters. The average molecular weight is 276 g/mol. The van der Waals surface area contributed by atoms with Crippen molar-refractivity contribution in [3.05, 3.63) is 51.5 Å². The Bertz CT molecular complexity index is 685. The highest BCUT2D eigenvalue weighted by Gasteiger charge is 2.19.